The molecular formula is C14H16O5. The molecule has 1 aromatic carbocycles. The van der Waals surface area contributed by atoms with Gasteiger partial charge in [-0.1, -0.05) is 30.3 Å². The summed E-state index contributed by atoms with van der Waals surface area (Å²) >= 11 is 0. The van der Waals surface area contributed by atoms with E-state index in [1.807, 2.05) is 18.2 Å². The topological polar surface area (TPSA) is 72.8 Å². The maximum atomic E-state index is 11.4. The monoisotopic (exact) mass is 264 g/mol. The highest BCUT2D eigenvalue weighted by Crippen LogP contribution is 2.11. The first-order valence-corrected chi connectivity index (χ1v) is 5.84. The van der Waals surface area contributed by atoms with E-state index in [1.54, 1.807) is 19.1 Å². The lowest BCUT2D eigenvalue weighted by molar-refractivity contribution is -0.142. The molecule has 0 radical (unpaired) electrons. The van der Waals surface area contributed by atoms with E-state index in [-0.39, 0.29) is 19.0 Å². The molecule has 0 unspecified atom stereocenters. The van der Waals surface area contributed by atoms with Gasteiger partial charge in [-0.15, -0.1) is 0 Å². The van der Waals surface area contributed by atoms with Crippen molar-refractivity contribution in [1.29, 1.82) is 0 Å². The molecule has 0 saturated carbocycles. The summed E-state index contributed by atoms with van der Waals surface area (Å²) in [5, 5.41) is 9.62. The smallest absolute Gasteiger partial charge is 0.377 e. The second-order valence-electron chi connectivity index (χ2n) is 3.73. The first-order chi connectivity index (χ1) is 9.06. The van der Waals surface area contributed by atoms with Crippen molar-refractivity contribution in [3.05, 3.63) is 47.4 Å². The number of benzene rings is 1. The zero-order valence-corrected chi connectivity index (χ0v) is 10.9. The number of ether oxygens (including phenoxy) is 2. The predicted octanol–water partition coefficient (Wildman–Crippen LogP) is 2.12. The van der Waals surface area contributed by atoms with Crippen LogP contribution in [0.2, 0.25) is 0 Å². The van der Waals surface area contributed by atoms with E-state index in [2.05, 4.69) is 4.74 Å². The number of aliphatic hydroxyl groups excluding tert-OH is 1. The molecule has 0 amide bonds. The first kappa shape index (κ1) is 14.8. The van der Waals surface area contributed by atoms with Crippen molar-refractivity contribution in [2.75, 3.05) is 6.61 Å². The summed E-state index contributed by atoms with van der Waals surface area (Å²) in [6, 6.07) is 9.10. The van der Waals surface area contributed by atoms with Crippen LogP contribution in [0, 0.1) is 0 Å². The Morgan fingerprint density at radius 1 is 1.16 bits per heavy atom. The Hall–Kier alpha value is -2.30. The SMILES string of the molecule is CCOC(=O)/C(O)=C(/OCc1ccccc1)C(C)=O. The Balaban J connectivity index is 2.81. The van der Waals surface area contributed by atoms with Gasteiger partial charge in [-0.25, -0.2) is 4.79 Å². The van der Waals surface area contributed by atoms with E-state index < -0.39 is 17.5 Å². The number of hydrogen-bond acceptors (Lipinski definition) is 5. The zero-order valence-electron chi connectivity index (χ0n) is 10.9. The summed E-state index contributed by atoms with van der Waals surface area (Å²) in [7, 11) is 0. The second-order valence-corrected chi connectivity index (χ2v) is 3.73. The van der Waals surface area contributed by atoms with Crippen LogP contribution in [0.1, 0.15) is 19.4 Å². The van der Waals surface area contributed by atoms with Gasteiger partial charge in [0.15, 0.2) is 5.78 Å². The number of allylic oxidation sites excluding steroid dienone is 1. The van der Waals surface area contributed by atoms with Gasteiger partial charge in [0.1, 0.15) is 6.61 Å². The van der Waals surface area contributed by atoms with E-state index in [9.17, 15) is 14.7 Å². The van der Waals surface area contributed by atoms with Crippen LogP contribution in [0.4, 0.5) is 0 Å². The number of aliphatic hydroxyl groups is 1. The van der Waals surface area contributed by atoms with Crippen LogP contribution in [0.3, 0.4) is 0 Å². The molecule has 0 aliphatic rings. The quantitative estimate of drug-likeness (QED) is 0.484. The molecule has 5 heteroatoms. The molecule has 0 aliphatic heterocycles. The third-order valence-electron chi connectivity index (χ3n) is 2.23. The van der Waals surface area contributed by atoms with E-state index >= 15 is 0 Å². The number of ketones is 1. The lowest BCUT2D eigenvalue weighted by Crippen LogP contribution is -2.15. The van der Waals surface area contributed by atoms with Crippen molar-refractivity contribution in [3.8, 4) is 0 Å². The van der Waals surface area contributed by atoms with Crippen LogP contribution >= 0.6 is 0 Å². The highest BCUT2D eigenvalue weighted by Gasteiger charge is 2.20. The number of carbonyl (C=O) groups is 2. The molecule has 5 nitrogen and oxygen atoms in total. The minimum absolute atomic E-state index is 0.0826. The molecule has 0 aromatic heterocycles. The Kier molecular flexibility index (Phi) is 5.60. The summed E-state index contributed by atoms with van der Waals surface area (Å²) < 4.78 is 9.81. The van der Waals surface area contributed by atoms with Crippen LogP contribution in [-0.4, -0.2) is 23.5 Å². The summed E-state index contributed by atoms with van der Waals surface area (Å²) in [5.41, 5.74) is 0.818. The zero-order chi connectivity index (χ0) is 14.3. The highest BCUT2D eigenvalue weighted by molar-refractivity contribution is 5.99. The fraction of sp³-hybridized carbons (Fsp3) is 0.286. The van der Waals surface area contributed by atoms with Crippen LogP contribution in [0.15, 0.2) is 41.9 Å². The van der Waals surface area contributed by atoms with Gasteiger partial charge in [0, 0.05) is 6.92 Å². The van der Waals surface area contributed by atoms with Crippen molar-refractivity contribution in [2.45, 2.75) is 20.5 Å². The molecule has 0 spiro atoms. The van der Waals surface area contributed by atoms with Gasteiger partial charge in [-0.3, -0.25) is 4.79 Å². The molecule has 102 valence electrons. The van der Waals surface area contributed by atoms with Gasteiger partial charge >= 0.3 is 5.97 Å². The molecule has 0 heterocycles. The van der Waals surface area contributed by atoms with Crippen molar-refractivity contribution in [3.63, 3.8) is 0 Å². The fourth-order valence-corrected chi connectivity index (χ4v) is 1.36. The molecule has 1 aromatic rings. The average molecular weight is 264 g/mol. The number of Topliss-reactive ketones (excluding diaryl/α,β-unsaturated/α-hetero) is 1. The maximum absolute atomic E-state index is 11.4. The first-order valence-electron chi connectivity index (χ1n) is 5.84. The fourth-order valence-electron chi connectivity index (χ4n) is 1.36. The third kappa shape index (κ3) is 4.46. The summed E-state index contributed by atoms with van der Waals surface area (Å²) in [4.78, 5) is 22.7. The summed E-state index contributed by atoms with van der Waals surface area (Å²) in [5.74, 6) is -2.70. The van der Waals surface area contributed by atoms with E-state index in [1.165, 1.54) is 6.92 Å². The molecule has 0 atom stereocenters. The molecule has 0 saturated heterocycles. The van der Waals surface area contributed by atoms with E-state index in [0.29, 0.717) is 0 Å². The van der Waals surface area contributed by atoms with Crippen LogP contribution in [0.25, 0.3) is 0 Å². The normalized spacial score (nSPS) is 11.5. The lowest BCUT2D eigenvalue weighted by Gasteiger charge is -2.09. The highest BCUT2D eigenvalue weighted by atomic mass is 16.5. The summed E-state index contributed by atoms with van der Waals surface area (Å²) in [6.45, 7) is 2.99. The van der Waals surface area contributed by atoms with Gasteiger partial charge in [0.2, 0.25) is 11.5 Å². The maximum Gasteiger partial charge on any atom is 0.377 e. The van der Waals surface area contributed by atoms with Crippen LogP contribution in [-0.2, 0) is 25.7 Å². The Morgan fingerprint density at radius 3 is 2.32 bits per heavy atom. The number of esters is 1. The van der Waals surface area contributed by atoms with Crippen molar-refractivity contribution in [1.82, 2.24) is 0 Å². The minimum atomic E-state index is -0.972. The van der Waals surface area contributed by atoms with Crippen molar-refractivity contribution < 1.29 is 24.2 Å². The average Bonchev–Trinajstić information content (AvgIpc) is 2.39. The van der Waals surface area contributed by atoms with Gasteiger partial charge in [-0.2, -0.15) is 0 Å². The standard InChI is InChI=1S/C14H16O5/c1-3-18-14(17)12(16)13(10(2)15)19-9-11-7-5-4-6-8-11/h4-8,16H,3,9H2,1-2H3/b13-12-. The molecular weight excluding hydrogens is 248 g/mol. The molecule has 0 fully saturated rings. The molecule has 19 heavy (non-hydrogen) atoms. The molecule has 1 N–H and O–H groups in total. The van der Waals surface area contributed by atoms with Gasteiger partial charge < -0.3 is 14.6 Å². The van der Waals surface area contributed by atoms with Crippen molar-refractivity contribution >= 4 is 11.8 Å². The Morgan fingerprint density at radius 2 is 1.79 bits per heavy atom. The second kappa shape index (κ2) is 7.20. The predicted molar refractivity (Wildman–Crippen MR) is 68.2 cm³/mol. The third-order valence-corrected chi connectivity index (χ3v) is 2.23. The molecule has 1 rings (SSSR count). The largest absolute Gasteiger partial charge is 0.499 e. The van der Waals surface area contributed by atoms with E-state index in [0.717, 1.165) is 5.56 Å². The Labute approximate surface area is 111 Å². The van der Waals surface area contributed by atoms with Gasteiger partial charge in [0.05, 0.1) is 6.61 Å². The van der Waals surface area contributed by atoms with Crippen LogP contribution in [0.5, 0.6) is 0 Å². The molecule has 0 aliphatic carbocycles. The van der Waals surface area contributed by atoms with Gasteiger partial charge in [0.25, 0.3) is 0 Å². The van der Waals surface area contributed by atoms with Gasteiger partial charge in [-0.05, 0) is 12.5 Å². The number of carbonyl (C=O) groups excluding carboxylic acids is 2. The van der Waals surface area contributed by atoms with Crippen LogP contribution < -0.4 is 0 Å². The van der Waals surface area contributed by atoms with E-state index in [4.69, 9.17) is 4.74 Å². The minimum Gasteiger partial charge on any atom is -0.499 e. The summed E-state index contributed by atoms with van der Waals surface area (Å²) in [6.07, 6.45) is 0. The van der Waals surface area contributed by atoms with Crippen molar-refractivity contribution in [2.24, 2.45) is 0 Å². The number of rotatable bonds is 6. The molecule has 0 bridgehead atoms. The Bertz CT molecular complexity index is 476. The number of hydrogen-bond donors (Lipinski definition) is 1. The lowest BCUT2D eigenvalue weighted by atomic mass is 10.2.